The standard InChI is InChI=1S/C13H15N3O2S/c1-9-7-13(10(2)6-12(9)14)16-19(17,18)11-4-3-5-15-8-11/h3-8,16H,14H2,1-2H3. The second-order valence-corrected chi connectivity index (χ2v) is 6.00. The first kappa shape index (κ1) is 13.4. The molecule has 6 heteroatoms. The van der Waals surface area contributed by atoms with Crippen LogP contribution in [0.1, 0.15) is 11.1 Å². The molecule has 0 saturated carbocycles. The number of hydrogen-bond donors (Lipinski definition) is 2. The number of pyridine rings is 1. The van der Waals surface area contributed by atoms with E-state index in [0.29, 0.717) is 11.4 Å². The van der Waals surface area contributed by atoms with Crippen molar-refractivity contribution in [3.8, 4) is 0 Å². The van der Waals surface area contributed by atoms with Crippen LogP contribution in [0.15, 0.2) is 41.6 Å². The summed E-state index contributed by atoms with van der Waals surface area (Å²) in [6.07, 6.45) is 2.83. The van der Waals surface area contributed by atoms with E-state index in [1.807, 2.05) is 6.92 Å². The van der Waals surface area contributed by atoms with Gasteiger partial charge < -0.3 is 5.73 Å². The fourth-order valence-corrected chi connectivity index (χ4v) is 2.74. The highest BCUT2D eigenvalue weighted by molar-refractivity contribution is 7.92. The summed E-state index contributed by atoms with van der Waals surface area (Å²) < 4.78 is 26.9. The van der Waals surface area contributed by atoms with E-state index in [1.54, 1.807) is 25.1 Å². The van der Waals surface area contributed by atoms with E-state index in [1.165, 1.54) is 18.5 Å². The number of nitrogens with two attached hydrogens (primary N) is 1. The molecule has 0 aliphatic rings. The number of nitrogens with zero attached hydrogens (tertiary/aromatic N) is 1. The van der Waals surface area contributed by atoms with Crippen LogP contribution < -0.4 is 10.5 Å². The van der Waals surface area contributed by atoms with Gasteiger partial charge in [-0.25, -0.2) is 8.42 Å². The molecule has 0 fully saturated rings. The van der Waals surface area contributed by atoms with E-state index in [2.05, 4.69) is 9.71 Å². The van der Waals surface area contributed by atoms with Crippen LogP contribution in [-0.2, 0) is 10.0 Å². The van der Waals surface area contributed by atoms with Gasteiger partial charge in [0.2, 0.25) is 0 Å². The molecule has 2 aromatic rings. The van der Waals surface area contributed by atoms with Crippen molar-refractivity contribution >= 4 is 21.4 Å². The number of anilines is 2. The van der Waals surface area contributed by atoms with E-state index in [-0.39, 0.29) is 4.90 Å². The number of aromatic nitrogens is 1. The molecule has 0 spiro atoms. The fourth-order valence-electron chi connectivity index (χ4n) is 1.66. The van der Waals surface area contributed by atoms with Crippen molar-refractivity contribution in [1.29, 1.82) is 0 Å². The Labute approximate surface area is 112 Å². The van der Waals surface area contributed by atoms with E-state index in [0.717, 1.165) is 11.1 Å². The third kappa shape index (κ3) is 2.85. The number of aryl methyl sites for hydroxylation is 2. The van der Waals surface area contributed by atoms with Gasteiger partial charge in [0, 0.05) is 18.1 Å². The molecule has 0 bridgehead atoms. The average Bonchev–Trinajstić information content (AvgIpc) is 2.37. The summed E-state index contributed by atoms with van der Waals surface area (Å²) in [5.74, 6) is 0. The Kier molecular flexibility index (Phi) is 3.44. The maximum absolute atomic E-state index is 12.2. The van der Waals surface area contributed by atoms with Gasteiger partial charge in [0.15, 0.2) is 0 Å². The summed E-state index contributed by atoms with van der Waals surface area (Å²) in [5, 5.41) is 0. The number of sulfonamides is 1. The van der Waals surface area contributed by atoms with E-state index >= 15 is 0 Å². The fraction of sp³-hybridized carbons (Fsp3) is 0.154. The molecule has 0 aliphatic carbocycles. The Hall–Kier alpha value is -2.08. The largest absolute Gasteiger partial charge is 0.399 e. The summed E-state index contributed by atoms with van der Waals surface area (Å²) in [5.41, 5.74) is 8.54. The van der Waals surface area contributed by atoms with E-state index in [9.17, 15) is 8.42 Å². The van der Waals surface area contributed by atoms with Gasteiger partial charge in [0.25, 0.3) is 10.0 Å². The SMILES string of the molecule is Cc1cc(NS(=O)(=O)c2cccnc2)c(C)cc1N. The van der Waals surface area contributed by atoms with Crippen molar-refractivity contribution in [2.75, 3.05) is 10.5 Å². The van der Waals surface area contributed by atoms with Crippen molar-refractivity contribution < 1.29 is 8.42 Å². The van der Waals surface area contributed by atoms with Crippen molar-refractivity contribution in [2.24, 2.45) is 0 Å². The molecule has 3 N–H and O–H groups in total. The predicted molar refractivity (Wildman–Crippen MR) is 75.4 cm³/mol. The molecule has 0 saturated heterocycles. The zero-order chi connectivity index (χ0) is 14.0. The van der Waals surface area contributed by atoms with Gasteiger partial charge in [-0.15, -0.1) is 0 Å². The van der Waals surface area contributed by atoms with Crippen LogP contribution in [0.4, 0.5) is 11.4 Å². The first-order valence-electron chi connectivity index (χ1n) is 5.70. The highest BCUT2D eigenvalue weighted by Gasteiger charge is 2.15. The van der Waals surface area contributed by atoms with Gasteiger partial charge in [-0.1, -0.05) is 0 Å². The van der Waals surface area contributed by atoms with Gasteiger partial charge in [-0.2, -0.15) is 0 Å². The molecule has 1 heterocycles. The molecular weight excluding hydrogens is 262 g/mol. The van der Waals surface area contributed by atoms with Crippen molar-refractivity contribution in [1.82, 2.24) is 4.98 Å². The minimum atomic E-state index is -3.62. The lowest BCUT2D eigenvalue weighted by Crippen LogP contribution is -2.14. The zero-order valence-corrected chi connectivity index (χ0v) is 11.5. The number of rotatable bonds is 3. The number of nitrogens with one attached hydrogen (secondary N) is 1. The smallest absolute Gasteiger partial charge is 0.263 e. The van der Waals surface area contributed by atoms with Crippen molar-refractivity contribution in [2.45, 2.75) is 18.7 Å². The monoisotopic (exact) mass is 277 g/mol. The summed E-state index contributed by atoms with van der Waals surface area (Å²) in [4.78, 5) is 3.94. The summed E-state index contributed by atoms with van der Waals surface area (Å²) >= 11 is 0. The molecule has 100 valence electrons. The molecule has 5 nitrogen and oxygen atoms in total. The summed E-state index contributed by atoms with van der Waals surface area (Å²) in [6.45, 7) is 3.63. The lowest BCUT2D eigenvalue weighted by atomic mass is 10.1. The van der Waals surface area contributed by atoms with Gasteiger partial charge in [-0.3, -0.25) is 9.71 Å². The molecule has 19 heavy (non-hydrogen) atoms. The molecule has 0 atom stereocenters. The molecule has 0 radical (unpaired) electrons. The number of benzene rings is 1. The first-order valence-corrected chi connectivity index (χ1v) is 7.18. The highest BCUT2D eigenvalue weighted by atomic mass is 32.2. The Balaban J connectivity index is 2.39. The predicted octanol–water partition coefficient (Wildman–Crippen LogP) is 2.08. The second kappa shape index (κ2) is 4.89. The molecule has 0 unspecified atom stereocenters. The maximum atomic E-state index is 12.2. The Morgan fingerprint density at radius 3 is 2.58 bits per heavy atom. The van der Waals surface area contributed by atoms with Crippen LogP contribution in [0, 0.1) is 13.8 Å². The Bertz CT molecular complexity index is 697. The highest BCUT2D eigenvalue weighted by Crippen LogP contribution is 2.24. The molecule has 1 aromatic carbocycles. The van der Waals surface area contributed by atoms with Crippen LogP contribution >= 0.6 is 0 Å². The number of hydrogen-bond acceptors (Lipinski definition) is 4. The Morgan fingerprint density at radius 1 is 1.21 bits per heavy atom. The van der Waals surface area contributed by atoms with Crippen molar-refractivity contribution in [3.05, 3.63) is 47.8 Å². The summed E-state index contributed by atoms with van der Waals surface area (Å²) in [6, 6.07) is 6.54. The van der Waals surface area contributed by atoms with Crippen LogP contribution in [0.5, 0.6) is 0 Å². The maximum Gasteiger partial charge on any atom is 0.263 e. The van der Waals surface area contributed by atoms with Crippen LogP contribution in [0.3, 0.4) is 0 Å². The third-order valence-corrected chi connectivity index (χ3v) is 4.15. The quantitative estimate of drug-likeness (QED) is 0.841. The molecule has 0 amide bonds. The normalized spacial score (nSPS) is 11.3. The molecule has 2 rings (SSSR count). The van der Waals surface area contributed by atoms with Crippen LogP contribution in [0.2, 0.25) is 0 Å². The topological polar surface area (TPSA) is 85.1 Å². The van der Waals surface area contributed by atoms with Crippen LogP contribution in [0.25, 0.3) is 0 Å². The summed E-state index contributed by atoms with van der Waals surface area (Å²) in [7, 11) is -3.62. The van der Waals surface area contributed by atoms with Crippen LogP contribution in [-0.4, -0.2) is 13.4 Å². The third-order valence-electron chi connectivity index (χ3n) is 2.80. The average molecular weight is 277 g/mol. The zero-order valence-electron chi connectivity index (χ0n) is 10.7. The minimum absolute atomic E-state index is 0.129. The first-order chi connectivity index (χ1) is 8.90. The lowest BCUT2D eigenvalue weighted by molar-refractivity contribution is 0.601. The van der Waals surface area contributed by atoms with Gasteiger partial charge in [0.05, 0.1) is 5.69 Å². The van der Waals surface area contributed by atoms with Gasteiger partial charge >= 0.3 is 0 Å². The second-order valence-electron chi connectivity index (χ2n) is 4.32. The molecular formula is C13H15N3O2S. The Morgan fingerprint density at radius 2 is 1.95 bits per heavy atom. The lowest BCUT2D eigenvalue weighted by Gasteiger charge is -2.12. The van der Waals surface area contributed by atoms with Gasteiger partial charge in [0.1, 0.15) is 4.90 Å². The van der Waals surface area contributed by atoms with E-state index < -0.39 is 10.0 Å². The molecule has 0 aliphatic heterocycles. The van der Waals surface area contributed by atoms with Gasteiger partial charge in [-0.05, 0) is 49.2 Å². The minimum Gasteiger partial charge on any atom is -0.399 e. The van der Waals surface area contributed by atoms with Crippen molar-refractivity contribution in [3.63, 3.8) is 0 Å². The number of nitrogen functional groups attached to an aromatic ring is 1. The molecule has 1 aromatic heterocycles. The van der Waals surface area contributed by atoms with E-state index in [4.69, 9.17) is 5.73 Å².